The first-order valence-corrected chi connectivity index (χ1v) is 5.98. The first-order chi connectivity index (χ1) is 8.97. The van der Waals surface area contributed by atoms with Crippen LogP contribution in [-0.4, -0.2) is 9.91 Å². The standard InChI is InChI=1S/C12H8Cl2N2O3/c1-7-2-4-10(8(13)6-7)19-12-9(16(17)18)3-5-11(14)15-12/h2-6H,1H3. The molecule has 5 nitrogen and oxygen atoms in total. The van der Waals surface area contributed by atoms with Crippen LogP contribution in [0.5, 0.6) is 11.6 Å². The summed E-state index contributed by atoms with van der Waals surface area (Å²) in [6.07, 6.45) is 0. The molecule has 0 amide bonds. The topological polar surface area (TPSA) is 65.3 Å². The number of aromatic nitrogens is 1. The second kappa shape index (κ2) is 5.42. The van der Waals surface area contributed by atoms with Crippen LogP contribution in [0.1, 0.15) is 5.56 Å². The van der Waals surface area contributed by atoms with Crippen LogP contribution in [0.2, 0.25) is 10.2 Å². The van der Waals surface area contributed by atoms with Crippen LogP contribution in [0.4, 0.5) is 5.69 Å². The Morgan fingerprint density at radius 3 is 2.63 bits per heavy atom. The number of rotatable bonds is 3. The molecule has 1 aromatic carbocycles. The highest BCUT2D eigenvalue weighted by Gasteiger charge is 2.19. The minimum atomic E-state index is -0.596. The largest absolute Gasteiger partial charge is 0.432 e. The van der Waals surface area contributed by atoms with Gasteiger partial charge in [-0.25, -0.2) is 0 Å². The Kier molecular flexibility index (Phi) is 3.87. The molecule has 0 saturated heterocycles. The van der Waals surface area contributed by atoms with E-state index in [-0.39, 0.29) is 22.5 Å². The summed E-state index contributed by atoms with van der Waals surface area (Å²) in [7, 11) is 0. The van der Waals surface area contributed by atoms with Crippen LogP contribution in [0, 0.1) is 17.0 Å². The van der Waals surface area contributed by atoms with Crippen LogP contribution in [0.15, 0.2) is 30.3 Å². The molecule has 0 aliphatic rings. The number of benzene rings is 1. The van der Waals surface area contributed by atoms with Gasteiger partial charge >= 0.3 is 11.6 Å². The zero-order valence-electron chi connectivity index (χ0n) is 9.76. The van der Waals surface area contributed by atoms with Crippen molar-refractivity contribution in [1.82, 2.24) is 4.98 Å². The lowest BCUT2D eigenvalue weighted by atomic mass is 10.2. The van der Waals surface area contributed by atoms with E-state index in [1.54, 1.807) is 18.2 Å². The normalized spacial score (nSPS) is 10.3. The van der Waals surface area contributed by atoms with Crippen LogP contribution in [-0.2, 0) is 0 Å². The molecule has 19 heavy (non-hydrogen) atoms. The van der Waals surface area contributed by atoms with Gasteiger partial charge in [0, 0.05) is 6.07 Å². The highest BCUT2D eigenvalue weighted by molar-refractivity contribution is 6.32. The quantitative estimate of drug-likeness (QED) is 0.478. The summed E-state index contributed by atoms with van der Waals surface area (Å²) in [5, 5.41) is 11.3. The van der Waals surface area contributed by atoms with Gasteiger partial charge in [-0.3, -0.25) is 10.1 Å². The molecule has 1 aromatic heterocycles. The van der Waals surface area contributed by atoms with Gasteiger partial charge in [-0.2, -0.15) is 4.98 Å². The van der Waals surface area contributed by atoms with Crippen LogP contribution in [0.25, 0.3) is 0 Å². The van der Waals surface area contributed by atoms with E-state index in [0.717, 1.165) is 5.56 Å². The Hall–Kier alpha value is -1.85. The van der Waals surface area contributed by atoms with Crippen molar-refractivity contribution < 1.29 is 9.66 Å². The molecule has 0 saturated carbocycles. The lowest BCUT2D eigenvalue weighted by Crippen LogP contribution is -1.96. The van der Waals surface area contributed by atoms with Crippen molar-refractivity contribution in [2.75, 3.05) is 0 Å². The van der Waals surface area contributed by atoms with E-state index < -0.39 is 4.92 Å². The van der Waals surface area contributed by atoms with Crippen molar-refractivity contribution in [3.8, 4) is 11.6 Å². The smallest absolute Gasteiger partial charge is 0.331 e. The molecule has 2 rings (SSSR count). The number of aryl methyl sites for hydroxylation is 1. The molecule has 0 N–H and O–H groups in total. The average molecular weight is 299 g/mol. The van der Waals surface area contributed by atoms with Gasteiger partial charge in [0.2, 0.25) is 0 Å². The molecule has 2 aromatic rings. The Morgan fingerprint density at radius 1 is 1.26 bits per heavy atom. The molecule has 0 bridgehead atoms. The van der Waals surface area contributed by atoms with Crippen molar-refractivity contribution in [1.29, 1.82) is 0 Å². The third-order valence-electron chi connectivity index (χ3n) is 2.30. The Labute approximate surface area is 118 Å². The molecule has 0 unspecified atom stereocenters. The van der Waals surface area contributed by atoms with E-state index in [2.05, 4.69) is 4.98 Å². The third kappa shape index (κ3) is 3.13. The summed E-state index contributed by atoms with van der Waals surface area (Å²) in [4.78, 5) is 14.1. The molecule has 7 heteroatoms. The lowest BCUT2D eigenvalue weighted by molar-refractivity contribution is -0.386. The van der Waals surface area contributed by atoms with E-state index in [0.29, 0.717) is 5.02 Å². The minimum absolute atomic E-state index is 0.101. The Balaban J connectivity index is 2.42. The van der Waals surface area contributed by atoms with Crippen molar-refractivity contribution in [2.45, 2.75) is 6.92 Å². The molecule has 1 heterocycles. The summed E-state index contributed by atoms with van der Waals surface area (Å²) in [5.74, 6) is 0.0911. The van der Waals surface area contributed by atoms with Crippen molar-refractivity contribution in [3.63, 3.8) is 0 Å². The maximum absolute atomic E-state index is 10.9. The van der Waals surface area contributed by atoms with Gasteiger partial charge in [0.25, 0.3) is 0 Å². The number of nitrogens with zero attached hydrogens (tertiary/aromatic N) is 2. The second-order valence-electron chi connectivity index (χ2n) is 3.75. The van der Waals surface area contributed by atoms with Crippen LogP contribution >= 0.6 is 23.2 Å². The molecule has 98 valence electrons. The zero-order valence-corrected chi connectivity index (χ0v) is 11.3. The first-order valence-electron chi connectivity index (χ1n) is 5.22. The predicted octanol–water partition coefficient (Wildman–Crippen LogP) is 4.40. The Bertz CT molecular complexity index is 647. The van der Waals surface area contributed by atoms with Crippen LogP contribution < -0.4 is 4.74 Å². The van der Waals surface area contributed by atoms with Crippen molar-refractivity contribution in [2.24, 2.45) is 0 Å². The fourth-order valence-electron chi connectivity index (χ4n) is 1.42. The summed E-state index contributed by atoms with van der Waals surface area (Å²) in [6.45, 7) is 1.87. The van der Waals surface area contributed by atoms with Gasteiger partial charge in [-0.15, -0.1) is 0 Å². The molecule has 0 aliphatic carbocycles. The van der Waals surface area contributed by atoms with Gasteiger partial charge in [-0.1, -0.05) is 29.3 Å². The molecule has 0 fully saturated rings. The molecule has 0 spiro atoms. The summed E-state index contributed by atoms with van der Waals surface area (Å²) < 4.78 is 5.37. The number of hydrogen-bond acceptors (Lipinski definition) is 4. The van der Waals surface area contributed by atoms with Crippen LogP contribution in [0.3, 0.4) is 0 Å². The predicted molar refractivity (Wildman–Crippen MR) is 72.2 cm³/mol. The fraction of sp³-hybridized carbons (Fsp3) is 0.0833. The van der Waals surface area contributed by atoms with Gasteiger partial charge in [-0.05, 0) is 30.7 Å². The maximum atomic E-state index is 10.9. The first kappa shape index (κ1) is 13.6. The van der Waals surface area contributed by atoms with E-state index in [1.165, 1.54) is 12.1 Å². The summed E-state index contributed by atoms with van der Waals surface area (Å²) in [6, 6.07) is 7.63. The number of ether oxygens (including phenoxy) is 1. The summed E-state index contributed by atoms with van der Waals surface area (Å²) in [5.41, 5.74) is 0.673. The molecule has 0 atom stereocenters. The third-order valence-corrected chi connectivity index (χ3v) is 2.80. The number of hydrogen-bond donors (Lipinski definition) is 0. The monoisotopic (exact) mass is 298 g/mol. The second-order valence-corrected chi connectivity index (χ2v) is 4.55. The van der Waals surface area contributed by atoms with Crippen molar-refractivity contribution in [3.05, 3.63) is 56.2 Å². The van der Waals surface area contributed by atoms with E-state index in [9.17, 15) is 10.1 Å². The van der Waals surface area contributed by atoms with E-state index in [1.807, 2.05) is 6.92 Å². The number of pyridine rings is 1. The molecule has 0 radical (unpaired) electrons. The summed E-state index contributed by atoms with van der Waals surface area (Å²) >= 11 is 11.7. The van der Waals surface area contributed by atoms with Gasteiger partial charge in [0.1, 0.15) is 10.9 Å². The average Bonchev–Trinajstić information content (AvgIpc) is 2.32. The molecular weight excluding hydrogens is 291 g/mol. The van der Waals surface area contributed by atoms with Gasteiger partial charge in [0.05, 0.1) is 9.95 Å². The Morgan fingerprint density at radius 2 is 2.00 bits per heavy atom. The zero-order chi connectivity index (χ0) is 14.0. The van der Waals surface area contributed by atoms with Gasteiger partial charge in [0.15, 0.2) is 0 Å². The van der Waals surface area contributed by atoms with Gasteiger partial charge < -0.3 is 4.74 Å². The molecule has 0 aliphatic heterocycles. The lowest BCUT2D eigenvalue weighted by Gasteiger charge is -2.07. The van der Waals surface area contributed by atoms with E-state index in [4.69, 9.17) is 27.9 Å². The highest BCUT2D eigenvalue weighted by atomic mass is 35.5. The number of halogens is 2. The maximum Gasteiger partial charge on any atom is 0.331 e. The van der Waals surface area contributed by atoms with E-state index >= 15 is 0 Å². The minimum Gasteiger partial charge on any atom is -0.432 e. The fourth-order valence-corrected chi connectivity index (χ4v) is 1.83. The highest BCUT2D eigenvalue weighted by Crippen LogP contribution is 2.34. The molecular formula is C12H8Cl2N2O3. The van der Waals surface area contributed by atoms with Crippen molar-refractivity contribution >= 4 is 28.9 Å². The number of nitro groups is 1. The SMILES string of the molecule is Cc1ccc(Oc2nc(Cl)ccc2[N+](=O)[O-])c(Cl)c1.